The number of alkyl halides is 3. The molecule has 1 fully saturated rings. The number of para-hydroxylation sites is 1. The van der Waals surface area contributed by atoms with Crippen LogP contribution in [-0.4, -0.2) is 43.0 Å². The second-order valence-corrected chi connectivity index (χ2v) is 6.85. The van der Waals surface area contributed by atoms with Gasteiger partial charge in [0.05, 0.1) is 5.92 Å². The van der Waals surface area contributed by atoms with Crippen LogP contribution < -0.4 is 19.5 Å². The summed E-state index contributed by atoms with van der Waals surface area (Å²) in [6, 6.07) is 10.5. The second kappa shape index (κ2) is 7.77. The van der Waals surface area contributed by atoms with Crippen LogP contribution in [0, 0.1) is 5.92 Å². The van der Waals surface area contributed by atoms with Crippen molar-refractivity contribution < 1.29 is 37.0 Å². The standard InChI is InChI=1S/C20H17F3N2O5/c21-20(22,23)30-15-4-2-1-3-13(15)8-24-18(26)14-9-25(10-14)19(27)12-5-6-16-17(7-12)29-11-28-16/h1-7,14H,8-11H2,(H,24,26). The number of fused-ring (bicyclic) bond motifs is 1. The predicted octanol–water partition coefficient (Wildman–Crippen LogP) is 2.70. The minimum Gasteiger partial charge on any atom is -0.454 e. The summed E-state index contributed by atoms with van der Waals surface area (Å²) in [4.78, 5) is 26.3. The molecule has 2 amide bonds. The van der Waals surface area contributed by atoms with Gasteiger partial charge in [0, 0.05) is 30.8 Å². The van der Waals surface area contributed by atoms with E-state index in [1.165, 1.54) is 23.1 Å². The van der Waals surface area contributed by atoms with E-state index < -0.39 is 12.3 Å². The maximum atomic E-state index is 12.5. The van der Waals surface area contributed by atoms with E-state index in [1.807, 2.05) is 0 Å². The maximum Gasteiger partial charge on any atom is 0.573 e. The number of hydrogen-bond acceptors (Lipinski definition) is 5. The van der Waals surface area contributed by atoms with Gasteiger partial charge < -0.3 is 24.4 Å². The summed E-state index contributed by atoms with van der Waals surface area (Å²) in [7, 11) is 0. The number of rotatable bonds is 5. The van der Waals surface area contributed by atoms with Gasteiger partial charge in [0.1, 0.15) is 5.75 Å². The minimum atomic E-state index is -4.82. The topological polar surface area (TPSA) is 77.1 Å². The van der Waals surface area contributed by atoms with E-state index in [0.717, 1.165) is 0 Å². The predicted molar refractivity (Wildman–Crippen MR) is 96.9 cm³/mol. The zero-order chi connectivity index (χ0) is 21.3. The highest BCUT2D eigenvalue weighted by molar-refractivity contribution is 5.96. The van der Waals surface area contributed by atoms with Gasteiger partial charge in [-0.05, 0) is 24.3 Å². The SMILES string of the molecule is O=C(NCc1ccccc1OC(F)(F)F)C1CN(C(=O)c2ccc3c(c2)OCO3)C1. The fourth-order valence-corrected chi connectivity index (χ4v) is 3.22. The molecule has 0 aliphatic carbocycles. The second-order valence-electron chi connectivity index (χ2n) is 6.85. The van der Waals surface area contributed by atoms with E-state index in [2.05, 4.69) is 10.1 Å². The third-order valence-corrected chi connectivity index (χ3v) is 4.81. The van der Waals surface area contributed by atoms with Gasteiger partial charge in [-0.2, -0.15) is 0 Å². The van der Waals surface area contributed by atoms with Crippen LogP contribution in [0.1, 0.15) is 15.9 Å². The van der Waals surface area contributed by atoms with Gasteiger partial charge in [-0.1, -0.05) is 18.2 Å². The normalized spacial score (nSPS) is 15.5. The Morgan fingerprint density at radius 1 is 1.10 bits per heavy atom. The van der Waals surface area contributed by atoms with E-state index in [1.54, 1.807) is 24.3 Å². The number of carbonyl (C=O) groups is 2. The molecule has 1 N–H and O–H groups in total. The molecular weight excluding hydrogens is 405 g/mol. The van der Waals surface area contributed by atoms with Gasteiger partial charge >= 0.3 is 6.36 Å². The van der Waals surface area contributed by atoms with E-state index >= 15 is 0 Å². The Hall–Kier alpha value is -3.43. The average Bonchev–Trinajstić information content (AvgIpc) is 3.12. The van der Waals surface area contributed by atoms with Crippen molar-refractivity contribution >= 4 is 11.8 Å². The zero-order valence-electron chi connectivity index (χ0n) is 15.6. The molecule has 10 heteroatoms. The number of ether oxygens (including phenoxy) is 3. The number of likely N-dealkylation sites (tertiary alicyclic amines) is 1. The lowest BCUT2D eigenvalue weighted by Gasteiger charge is -2.38. The van der Waals surface area contributed by atoms with Crippen molar-refractivity contribution in [3.05, 3.63) is 53.6 Å². The van der Waals surface area contributed by atoms with Gasteiger partial charge in [-0.25, -0.2) is 0 Å². The first kappa shape index (κ1) is 19.9. The molecule has 2 aliphatic rings. The van der Waals surface area contributed by atoms with Crippen molar-refractivity contribution in [2.75, 3.05) is 19.9 Å². The van der Waals surface area contributed by atoms with Crippen LogP contribution in [0.4, 0.5) is 13.2 Å². The molecular formula is C20H17F3N2O5. The molecule has 2 aromatic carbocycles. The summed E-state index contributed by atoms with van der Waals surface area (Å²) in [5.74, 6) is -0.303. The number of halogens is 3. The third-order valence-electron chi connectivity index (χ3n) is 4.81. The minimum absolute atomic E-state index is 0.107. The van der Waals surface area contributed by atoms with E-state index in [4.69, 9.17) is 9.47 Å². The maximum absolute atomic E-state index is 12.5. The molecule has 2 heterocycles. The molecule has 7 nitrogen and oxygen atoms in total. The first-order chi connectivity index (χ1) is 14.3. The Kier molecular flexibility index (Phi) is 5.15. The van der Waals surface area contributed by atoms with Crippen LogP contribution in [0.15, 0.2) is 42.5 Å². The molecule has 0 atom stereocenters. The molecule has 0 aromatic heterocycles. The molecule has 4 rings (SSSR count). The van der Waals surface area contributed by atoms with Crippen molar-refractivity contribution in [3.63, 3.8) is 0 Å². The Morgan fingerprint density at radius 3 is 2.60 bits per heavy atom. The fraction of sp³-hybridized carbons (Fsp3) is 0.300. The lowest BCUT2D eigenvalue weighted by Crippen LogP contribution is -2.55. The van der Waals surface area contributed by atoms with Crippen molar-refractivity contribution in [3.8, 4) is 17.2 Å². The van der Waals surface area contributed by atoms with Crippen LogP contribution in [0.3, 0.4) is 0 Å². The highest BCUT2D eigenvalue weighted by atomic mass is 19.4. The molecule has 2 aliphatic heterocycles. The molecule has 0 saturated carbocycles. The van der Waals surface area contributed by atoms with Crippen LogP contribution in [0.5, 0.6) is 17.2 Å². The van der Waals surface area contributed by atoms with Gasteiger partial charge in [0.15, 0.2) is 11.5 Å². The lowest BCUT2D eigenvalue weighted by atomic mass is 9.97. The first-order valence-corrected chi connectivity index (χ1v) is 9.10. The van der Waals surface area contributed by atoms with Crippen molar-refractivity contribution in [1.29, 1.82) is 0 Å². The number of carbonyl (C=O) groups excluding carboxylic acids is 2. The highest BCUT2D eigenvalue weighted by Crippen LogP contribution is 2.33. The number of nitrogens with one attached hydrogen (secondary N) is 1. The van der Waals surface area contributed by atoms with Gasteiger partial charge in [-0.15, -0.1) is 13.2 Å². The summed E-state index contributed by atoms with van der Waals surface area (Å²) in [6.45, 7) is 0.438. The lowest BCUT2D eigenvalue weighted by molar-refractivity contribution is -0.274. The molecule has 1 saturated heterocycles. The molecule has 0 radical (unpaired) electrons. The zero-order valence-corrected chi connectivity index (χ0v) is 15.6. The smallest absolute Gasteiger partial charge is 0.454 e. The van der Waals surface area contributed by atoms with Crippen molar-refractivity contribution in [2.45, 2.75) is 12.9 Å². The van der Waals surface area contributed by atoms with Gasteiger partial charge in [-0.3, -0.25) is 9.59 Å². The first-order valence-electron chi connectivity index (χ1n) is 9.10. The quantitative estimate of drug-likeness (QED) is 0.802. The van der Waals surface area contributed by atoms with Gasteiger partial charge in [0.2, 0.25) is 12.7 Å². The number of nitrogens with zero attached hydrogens (tertiary/aromatic N) is 1. The summed E-state index contributed by atoms with van der Waals surface area (Å²) >= 11 is 0. The monoisotopic (exact) mass is 422 g/mol. The summed E-state index contributed by atoms with van der Waals surface area (Å²) in [5, 5.41) is 2.60. The molecule has 0 bridgehead atoms. The molecule has 0 unspecified atom stereocenters. The summed E-state index contributed by atoms with van der Waals surface area (Å²) in [6.07, 6.45) is -4.82. The third kappa shape index (κ3) is 4.27. The van der Waals surface area contributed by atoms with E-state index in [-0.39, 0.29) is 49.6 Å². The Morgan fingerprint density at radius 2 is 1.83 bits per heavy atom. The Labute approximate surface area is 169 Å². The van der Waals surface area contributed by atoms with Crippen LogP contribution in [-0.2, 0) is 11.3 Å². The summed E-state index contributed by atoms with van der Waals surface area (Å²) < 4.78 is 51.9. The Balaban J connectivity index is 1.29. The average molecular weight is 422 g/mol. The van der Waals surface area contributed by atoms with Crippen LogP contribution in [0.25, 0.3) is 0 Å². The fourth-order valence-electron chi connectivity index (χ4n) is 3.22. The summed E-state index contributed by atoms with van der Waals surface area (Å²) in [5.41, 5.74) is 0.632. The van der Waals surface area contributed by atoms with Crippen LogP contribution >= 0.6 is 0 Å². The largest absolute Gasteiger partial charge is 0.573 e. The van der Waals surface area contributed by atoms with Crippen molar-refractivity contribution in [1.82, 2.24) is 10.2 Å². The van der Waals surface area contributed by atoms with Crippen LogP contribution in [0.2, 0.25) is 0 Å². The van der Waals surface area contributed by atoms with E-state index in [9.17, 15) is 22.8 Å². The Bertz CT molecular complexity index is 973. The molecule has 2 aromatic rings. The number of benzene rings is 2. The van der Waals surface area contributed by atoms with Gasteiger partial charge in [0.25, 0.3) is 5.91 Å². The molecule has 158 valence electrons. The van der Waals surface area contributed by atoms with Crippen molar-refractivity contribution in [2.24, 2.45) is 5.92 Å². The molecule has 0 spiro atoms. The number of hydrogen-bond donors (Lipinski definition) is 1. The molecule has 30 heavy (non-hydrogen) atoms. The highest BCUT2D eigenvalue weighted by Gasteiger charge is 2.36. The van der Waals surface area contributed by atoms with E-state index in [0.29, 0.717) is 17.1 Å². The number of amides is 2.